The van der Waals surface area contributed by atoms with E-state index in [0.717, 1.165) is 11.4 Å². The van der Waals surface area contributed by atoms with Crippen molar-refractivity contribution < 1.29 is 10.2 Å². The number of hydrogen-bond acceptors (Lipinski definition) is 6. The maximum Gasteiger partial charge on any atom is 0.145 e. The summed E-state index contributed by atoms with van der Waals surface area (Å²) in [6.45, 7) is 0.910. The van der Waals surface area contributed by atoms with Crippen molar-refractivity contribution in [3.8, 4) is 12.1 Å². The Bertz CT molecular complexity index is 504. The van der Waals surface area contributed by atoms with Gasteiger partial charge in [-0.2, -0.15) is 10.5 Å². The quantitative estimate of drug-likeness (QED) is 0.635. The highest BCUT2D eigenvalue weighted by atomic mass is 16.3. The number of nitriles is 2. The van der Waals surface area contributed by atoms with Crippen LogP contribution in [0.5, 0.6) is 0 Å². The molecule has 0 unspecified atom stereocenters. The Morgan fingerprint density at radius 3 is 2.10 bits per heavy atom. The largest absolute Gasteiger partial charge is 0.395 e. The summed E-state index contributed by atoms with van der Waals surface area (Å²) >= 11 is 0. The first kappa shape index (κ1) is 15.5. The smallest absolute Gasteiger partial charge is 0.145 e. The van der Waals surface area contributed by atoms with E-state index >= 15 is 0 Å². The van der Waals surface area contributed by atoms with Crippen LogP contribution in [0.15, 0.2) is 36.0 Å². The zero-order valence-corrected chi connectivity index (χ0v) is 11.0. The fourth-order valence-electron chi connectivity index (χ4n) is 1.62. The van der Waals surface area contributed by atoms with Crippen molar-refractivity contribution in [2.24, 2.45) is 0 Å². The molecule has 0 radical (unpaired) electrons. The molecule has 0 aliphatic heterocycles. The maximum absolute atomic E-state index is 8.97. The van der Waals surface area contributed by atoms with Crippen LogP contribution >= 0.6 is 0 Å². The third kappa shape index (κ3) is 4.62. The van der Waals surface area contributed by atoms with Crippen molar-refractivity contribution in [3.63, 3.8) is 0 Å². The summed E-state index contributed by atoms with van der Waals surface area (Å²) in [5, 5.41) is 38.0. The lowest BCUT2D eigenvalue weighted by Crippen LogP contribution is -2.29. The predicted molar refractivity (Wildman–Crippen MR) is 75.8 cm³/mol. The molecule has 0 saturated heterocycles. The van der Waals surface area contributed by atoms with Crippen molar-refractivity contribution >= 4 is 11.4 Å². The Balaban J connectivity index is 2.75. The van der Waals surface area contributed by atoms with Gasteiger partial charge in [0.05, 0.1) is 13.2 Å². The lowest BCUT2D eigenvalue weighted by molar-refractivity contribution is 0.281. The van der Waals surface area contributed by atoms with Gasteiger partial charge in [0, 0.05) is 30.7 Å². The summed E-state index contributed by atoms with van der Waals surface area (Å²) in [6, 6.07) is 10.8. The van der Waals surface area contributed by atoms with E-state index in [-0.39, 0.29) is 18.8 Å². The average Bonchev–Trinajstić information content (AvgIpc) is 2.49. The number of aliphatic hydroxyl groups excluding tert-OH is 2. The van der Waals surface area contributed by atoms with E-state index in [1.165, 1.54) is 6.20 Å². The molecule has 1 aromatic rings. The maximum atomic E-state index is 8.97. The highest BCUT2D eigenvalue weighted by Crippen LogP contribution is 2.17. The number of rotatable bonds is 7. The molecule has 0 aliphatic rings. The Morgan fingerprint density at radius 2 is 1.65 bits per heavy atom. The summed E-state index contributed by atoms with van der Waals surface area (Å²) < 4.78 is 0. The molecule has 6 nitrogen and oxygen atoms in total. The van der Waals surface area contributed by atoms with Crippen LogP contribution in [0, 0.1) is 22.7 Å². The summed E-state index contributed by atoms with van der Waals surface area (Å²) in [4.78, 5) is 1.86. The number of hydrogen-bond donors (Lipinski definition) is 3. The van der Waals surface area contributed by atoms with Crippen LogP contribution < -0.4 is 10.2 Å². The number of benzene rings is 1. The molecule has 3 N–H and O–H groups in total. The highest BCUT2D eigenvalue weighted by Gasteiger charge is 2.04. The van der Waals surface area contributed by atoms with Gasteiger partial charge in [0.1, 0.15) is 17.7 Å². The van der Waals surface area contributed by atoms with Crippen LogP contribution in [0.4, 0.5) is 11.4 Å². The Morgan fingerprint density at radius 1 is 1.10 bits per heavy atom. The predicted octanol–water partition coefficient (Wildman–Crippen LogP) is 0.821. The van der Waals surface area contributed by atoms with Gasteiger partial charge < -0.3 is 20.4 Å². The molecule has 0 heterocycles. The normalized spacial score (nSPS) is 9.20. The average molecular weight is 272 g/mol. The molecule has 0 saturated carbocycles. The number of nitrogens with zero attached hydrogens (tertiary/aromatic N) is 3. The third-order valence-corrected chi connectivity index (χ3v) is 2.60. The summed E-state index contributed by atoms with van der Waals surface area (Å²) in [5.41, 5.74) is 1.62. The van der Waals surface area contributed by atoms with Crippen LogP contribution in [0.25, 0.3) is 0 Å². The van der Waals surface area contributed by atoms with Crippen molar-refractivity contribution in [1.82, 2.24) is 0 Å². The Kier molecular flexibility index (Phi) is 6.63. The molecule has 0 bridgehead atoms. The minimum Gasteiger partial charge on any atom is -0.395 e. The van der Waals surface area contributed by atoms with E-state index in [1.54, 1.807) is 24.3 Å². The van der Waals surface area contributed by atoms with Crippen molar-refractivity contribution in [2.45, 2.75) is 0 Å². The monoisotopic (exact) mass is 272 g/mol. The molecule has 0 atom stereocenters. The number of aliphatic hydroxyl groups is 2. The number of anilines is 2. The topological polar surface area (TPSA) is 103 Å². The molecule has 1 aromatic carbocycles. The molecule has 0 amide bonds. The molecule has 0 aromatic heterocycles. The van der Waals surface area contributed by atoms with Gasteiger partial charge in [-0.25, -0.2) is 0 Å². The van der Waals surface area contributed by atoms with E-state index in [4.69, 9.17) is 20.7 Å². The molecule has 20 heavy (non-hydrogen) atoms. The molecule has 104 valence electrons. The second kappa shape index (κ2) is 8.54. The first-order chi connectivity index (χ1) is 9.74. The van der Waals surface area contributed by atoms with Gasteiger partial charge in [-0.05, 0) is 24.3 Å². The fraction of sp³-hybridized carbons (Fsp3) is 0.286. The standard InChI is InChI=1S/C14H16N4O2/c15-9-12(10-16)11-17-13-1-3-14(4-2-13)18(5-7-19)6-8-20/h1-4,11,17,19-20H,5-8H2. The van der Waals surface area contributed by atoms with Crippen LogP contribution in [0.2, 0.25) is 0 Å². The fourth-order valence-corrected chi connectivity index (χ4v) is 1.62. The van der Waals surface area contributed by atoms with Crippen molar-refractivity contribution in [2.75, 3.05) is 36.5 Å². The first-order valence-electron chi connectivity index (χ1n) is 6.08. The van der Waals surface area contributed by atoms with Crippen LogP contribution in [-0.2, 0) is 0 Å². The van der Waals surface area contributed by atoms with Gasteiger partial charge in [0.25, 0.3) is 0 Å². The van der Waals surface area contributed by atoms with E-state index < -0.39 is 0 Å². The minimum absolute atomic E-state index is 0.00346. The molecule has 6 heteroatoms. The zero-order valence-electron chi connectivity index (χ0n) is 11.0. The van der Waals surface area contributed by atoms with Gasteiger partial charge in [0.2, 0.25) is 0 Å². The molecular weight excluding hydrogens is 256 g/mol. The van der Waals surface area contributed by atoms with E-state index in [1.807, 2.05) is 17.0 Å². The number of allylic oxidation sites excluding steroid dienone is 1. The Labute approximate surface area is 117 Å². The SMILES string of the molecule is N#CC(C#N)=CNc1ccc(N(CCO)CCO)cc1. The summed E-state index contributed by atoms with van der Waals surface area (Å²) in [7, 11) is 0. The Hall–Kier alpha value is -2.54. The first-order valence-corrected chi connectivity index (χ1v) is 6.08. The van der Waals surface area contributed by atoms with Gasteiger partial charge in [-0.3, -0.25) is 0 Å². The van der Waals surface area contributed by atoms with E-state index in [2.05, 4.69) is 5.32 Å². The minimum atomic E-state index is -0.00346. The van der Waals surface area contributed by atoms with Crippen LogP contribution in [0.3, 0.4) is 0 Å². The van der Waals surface area contributed by atoms with E-state index in [9.17, 15) is 0 Å². The van der Waals surface area contributed by atoms with Crippen molar-refractivity contribution in [3.05, 3.63) is 36.0 Å². The van der Waals surface area contributed by atoms with Crippen molar-refractivity contribution in [1.29, 1.82) is 10.5 Å². The molecular formula is C14H16N4O2. The van der Waals surface area contributed by atoms with Gasteiger partial charge >= 0.3 is 0 Å². The second-order valence-electron chi connectivity index (χ2n) is 3.91. The third-order valence-electron chi connectivity index (χ3n) is 2.60. The van der Waals surface area contributed by atoms with Gasteiger partial charge in [-0.1, -0.05) is 0 Å². The van der Waals surface area contributed by atoms with Crippen LogP contribution in [-0.4, -0.2) is 36.5 Å². The zero-order chi connectivity index (χ0) is 14.8. The van der Waals surface area contributed by atoms with E-state index in [0.29, 0.717) is 13.1 Å². The molecule has 1 rings (SSSR count). The second-order valence-corrected chi connectivity index (χ2v) is 3.91. The summed E-state index contributed by atoms with van der Waals surface area (Å²) in [6.07, 6.45) is 1.34. The van der Waals surface area contributed by atoms with Gasteiger partial charge in [0.15, 0.2) is 0 Å². The van der Waals surface area contributed by atoms with Crippen LogP contribution in [0.1, 0.15) is 0 Å². The molecule has 0 aliphatic carbocycles. The highest BCUT2D eigenvalue weighted by molar-refractivity contribution is 5.57. The molecule has 0 fully saturated rings. The molecule has 0 spiro atoms. The lowest BCUT2D eigenvalue weighted by atomic mass is 10.2. The summed E-state index contributed by atoms with van der Waals surface area (Å²) in [5.74, 6) is 0. The lowest BCUT2D eigenvalue weighted by Gasteiger charge is -2.23. The number of nitrogens with one attached hydrogen (secondary N) is 1. The van der Waals surface area contributed by atoms with Gasteiger partial charge in [-0.15, -0.1) is 0 Å².